The summed E-state index contributed by atoms with van der Waals surface area (Å²) in [5.74, 6) is -0.452. The summed E-state index contributed by atoms with van der Waals surface area (Å²) in [6, 6.07) is 25.7. The second-order valence-electron chi connectivity index (χ2n) is 9.54. The number of halogens is 1. The summed E-state index contributed by atoms with van der Waals surface area (Å²) >= 11 is 5.90. The monoisotopic (exact) mass is 560 g/mol. The highest BCUT2D eigenvalue weighted by atomic mass is 35.5. The van der Waals surface area contributed by atoms with Crippen LogP contribution in [0, 0.1) is 13.8 Å². The van der Waals surface area contributed by atoms with Gasteiger partial charge in [-0.2, -0.15) is 9.41 Å². The van der Waals surface area contributed by atoms with E-state index < -0.39 is 22.0 Å². The van der Waals surface area contributed by atoms with Crippen LogP contribution in [0.1, 0.15) is 29.8 Å². The quantitative estimate of drug-likeness (QED) is 0.232. The van der Waals surface area contributed by atoms with E-state index in [9.17, 15) is 13.2 Å². The van der Waals surface area contributed by atoms with Crippen molar-refractivity contribution in [1.82, 2.24) is 14.3 Å². The van der Waals surface area contributed by atoms with E-state index in [1.807, 2.05) is 38.1 Å². The van der Waals surface area contributed by atoms with Crippen LogP contribution in [0.4, 0.5) is 0 Å². The Labute approximate surface area is 233 Å². The number of carbonyl (C=O) groups excluding carboxylic acids is 1. The third-order valence-electron chi connectivity index (χ3n) is 7.01. The van der Waals surface area contributed by atoms with Crippen molar-refractivity contribution in [2.45, 2.75) is 37.6 Å². The third-order valence-corrected chi connectivity index (χ3v) is 9.18. The first-order chi connectivity index (χ1) is 18.8. The number of aromatic nitrogens is 1. The van der Waals surface area contributed by atoms with Crippen molar-refractivity contribution in [2.75, 3.05) is 6.54 Å². The molecule has 1 aromatic heterocycles. The van der Waals surface area contributed by atoms with Crippen LogP contribution in [0.3, 0.4) is 0 Å². The number of aryl methyl sites for hydroxylation is 1. The summed E-state index contributed by atoms with van der Waals surface area (Å²) in [7, 11) is -3.83. The second kappa shape index (κ2) is 11.2. The summed E-state index contributed by atoms with van der Waals surface area (Å²) < 4.78 is 29.7. The van der Waals surface area contributed by atoms with Crippen molar-refractivity contribution in [1.29, 1.82) is 0 Å². The molecule has 1 atom stereocenters. The van der Waals surface area contributed by atoms with Crippen molar-refractivity contribution in [2.24, 2.45) is 5.10 Å². The van der Waals surface area contributed by atoms with E-state index in [2.05, 4.69) is 51.5 Å². The maximum Gasteiger partial charge on any atom is 0.258 e. The predicted octanol–water partition coefficient (Wildman–Crippen LogP) is 5.72. The first-order valence-corrected chi connectivity index (χ1v) is 14.5. The number of sulfonamides is 1. The molecule has 1 N–H and O–H groups in total. The van der Waals surface area contributed by atoms with E-state index in [4.69, 9.17) is 11.6 Å². The minimum absolute atomic E-state index is 0.111. The molecule has 1 aliphatic rings. The number of nitrogens with one attached hydrogen (secondary N) is 1. The van der Waals surface area contributed by atoms with Gasteiger partial charge in [-0.1, -0.05) is 54.1 Å². The molecular formula is C30H29ClN4O3S. The Morgan fingerprint density at radius 3 is 2.33 bits per heavy atom. The maximum absolute atomic E-state index is 13.1. The molecule has 7 nitrogen and oxygen atoms in total. The summed E-state index contributed by atoms with van der Waals surface area (Å²) in [4.78, 5) is 13.1. The lowest BCUT2D eigenvalue weighted by atomic mass is 10.1. The SMILES string of the molecule is Cc1cc(/C=N\NC(=O)[C@@H]2CCCN2S(=O)(=O)c2ccc(Cl)cc2)c(C)n1-c1ccc(-c2ccccc2)cc1. The van der Waals surface area contributed by atoms with Crippen LogP contribution < -0.4 is 5.43 Å². The molecule has 1 fully saturated rings. The van der Waals surface area contributed by atoms with E-state index in [-0.39, 0.29) is 11.4 Å². The average Bonchev–Trinajstić information content (AvgIpc) is 3.55. The Morgan fingerprint density at radius 1 is 0.974 bits per heavy atom. The smallest absolute Gasteiger partial charge is 0.258 e. The zero-order valence-electron chi connectivity index (χ0n) is 21.7. The van der Waals surface area contributed by atoms with E-state index in [1.165, 1.54) is 28.6 Å². The van der Waals surface area contributed by atoms with Crippen molar-refractivity contribution in [3.8, 4) is 16.8 Å². The van der Waals surface area contributed by atoms with Crippen molar-refractivity contribution in [3.63, 3.8) is 0 Å². The standard InChI is InChI=1S/C30H29ClN4O3S/c1-21-19-25(22(2)35(21)27-14-10-24(11-15-27)23-7-4-3-5-8-23)20-32-33-30(36)29-9-6-18-34(29)39(37,38)28-16-12-26(31)13-17-28/h3-5,7-8,10-17,19-20,29H,6,9,18H2,1-2H3,(H,33,36)/b32-20-/t29-/m0/s1. The van der Waals surface area contributed by atoms with Crippen molar-refractivity contribution < 1.29 is 13.2 Å². The van der Waals surface area contributed by atoms with Gasteiger partial charge in [-0.3, -0.25) is 4.79 Å². The molecular weight excluding hydrogens is 532 g/mol. The van der Waals surface area contributed by atoms with E-state index in [0.29, 0.717) is 17.9 Å². The summed E-state index contributed by atoms with van der Waals surface area (Å²) in [5, 5.41) is 4.62. The lowest BCUT2D eigenvalue weighted by molar-refractivity contribution is -0.124. The van der Waals surface area contributed by atoms with Crippen LogP contribution in [0.25, 0.3) is 16.8 Å². The second-order valence-corrected chi connectivity index (χ2v) is 11.9. The number of amides is 1. The molecule has 0 spiro atoms. The van der Waals surface area contributed by atoms with Gasteiger partial charge in [0.15, 0.2) is 0 Å². The minimum Gasteiger partial charge on any atom is -0.318 e. The number of carbonyl (C=O) groups is 1. The average molecular weight is 561 g/mol. The molecule has 0 radical (unpaired) electrons. The highest BCUT2D eigenvalue weighted by molar-refractivity contribution is 7.89. The maximum atomic E-state index is 13.1. The lowest BCUT2D eigenvalue weighted by Crippen LogP contribution is -2.44. The van der Waals surface area contributed by atoms with Gasteiger partial charge in [-0.15, -0.1) is 0 Å². The van der Waals surface area contributed by atoms with Crippen LogP contribution in [-0.4, -0.2) is 42.0 Å². The lowest BCUT2D eigenvalue weighted by Gasteiger charge is -2.22. The third kappa shape index (κ3) is 5.54. The van der Waals surface area contributed by atoms with Gasteiger partial charge in [0.1, 0.15) is 6.04 Å². The van der Waals surface area contributed by atoms with Gasteiger partial charge < -0.3 is 4.57 Å². The van der Waals surface area contributed by atoms with E-state index in [0.717, 1.165) is 33.8 Å². The number of rotatable bonds is 7. The van der Waals surface area contributed by atoms with E-state index in [1.54, 1.807) is 6.21 Å². The molecule has 1 aliphatic heterocycles. The first-order valence-electron chi connectivity index (χ1n) is 12.7. The van der Waals surface area contributed by atoms with Gasteiger partial charge >= 0.3 is 0 Å². The molecule has 1 amide bonds. The summed E-state index contributed by atoms with van der Waals surface area (Å²) in [6.45, 7) is 4.29. The fourth-order valence-corrected chi connectivity index (χ4v) is 6.80. The van der Waals surface area contributed by atoms with Crippen LogP contribution in [0.5, 0.6) is 0 Å². The first kappa shape index (κ1) is 26.9. The predicted molar refractivity (Wildman–Crippen MR) is 155 cm³/mol. The van der Waals surface area contributed by atoms with Crippen LogP contribution in [0.2, 0.25) is 5.02 Å². The fraction of sp³-hybridized carbons (Fsp3) is 0.200. The van der Waals surface area contributed by atoms with Gasteiger partial charge in [0, 0.05) is 34.2 Å². The minimum atomic E-state index is -3.83. The van der Waals surface area contributed by atoms with Gasteiger partial charge in [0.05, 0.1) is 11.1 Å². The molecule has 0 unspecified atom stereocenters. The molecule has 4 aromatic rings. The molecule has 5 rings (SSSR count). The van der Waals surface area contributed by atoms with Gasteiger partial charge in [0.25, 0.3) is 5.91 Å². The van der Waals surface area contributed by atoms with Crippen LogP contribution >= 0.6 is 11.6 Å². The Balaban J connectivity index is 1.29. The number of hydrazone groups is 1. The van der Waals surface area contributed by atoms with Gasteiger partial charge in [-0.05, 0) is 80.3 Å². The van der Waals surface area contributed by atoms with E-state index >= 15 is 0 Å². The number of benzene rings is 3. The largest absolute Gasteiger partial charge is 0.318 e. The molecule has 0 bridgehead atoms. The molecule has 0 saturated carbocycles. The molecule has 0 aliphatic carbocycles. The molecule has 1 saturated heterocycles. The summed E-state index contributed by atoms with van der Waals surface area (Å²) in [5.41, 5.74) is 8.75. The van der Waals surface area contributed by atoms with Gasteiger partial charge in [0.2, 0.25) is 10.0 Å². The topological polar surface area (TPSA) is 83.8 Å². The molecule has 2 heterocycles. The number of hydrogen-bond donors (Lipinski definition) is 1. The summed E-state index contributed by atoms with van der Waals surface area (Å²) in [6.07, 6.45) is 2.63. The number of hydrogen-bond acceptors (Lipinski definition) is 4. The Kier molecular flexibility index (Phi) is 7.70. The highest BCUT2D eigenvalue weighted by Gasteiger charge is 2.39. The Bertz CT molecular complexity index is 1610. The zero-order valence-corrected chi connectivity index (χ0v) is 23.3. The van der Waals surface area contributed by atoms with Crippen LogP contribution in [0.15, 0.2) is 94.9 Å². The molecule has 3 aromatic carbocycles. The van der Waals surface area contributed by atoms with Gasteiger partial charge in [-0.25, -0.2) is 13.8 Å². The highest BCUT2D eigenvalue weighted by Crippen LogP contribution is 2.27. The normalized spacial score (nSPS) is 16.1. The Hall–Kier alpha value is -3.72. The van der Waals surface area contributed by atoms with Crippen molar-refractivity contribution >= 4 is 33.7 Å². The molecule has 39 heavy (non-hydrogen) atoms. The molecule has 9 heteroatoms. The Morgan fingerprint density at radius 2 is 1.64 bits per heavy atom. The van der Waals surface area contributed by atoms with Crippen LogP contribution in [-0.2, 0) is 14.8 Å². The zero-order chi connectivity index (χ0) is 27.6. The fourth-order valence-electron chi connectivity index (χ4n) is 5.02. The number of nitrogens with zero attached hydrogens (tertiary/aromatic N) is 3. The van der Waals surface area contributed by atoms with Crippen molar-refractivity contribution in [3.05, 3.63) is 107 Å². The molecule has 200 valence electrons.